The highest BCUT2D eigenvalue weighted by Gasteiger charge is 2.34. The summed E-state index contributed by atoms with van der Waals surface area (Å²) in [4.78, 5) is 6.69. The molecule has 0 radical (unpaired) electrons. The maximum Gasteiger partial charge on any atom is 0.187 e. The molecule has 2 nitrogen and oxygen atoms in total. The average molecular weight is 231 g/mol. The quantitative estimate of drug-likeness (QED) is 0.736. The molecule has 0 aromatic carbocycles. The number of nitrogens with zero attached hydrogens (tertiary/aromatic N) is 2. The third-order valence-electron chi connectivity index (χ3n) is 3.34. The van der Waals surface area contributed by atoms with E-state index < -0.39 is 0 Å². The van der Waals surface area contributed by atoms with Gasteiger partial charge < -0.3 is 4.90 Å². The Bertz CT molecular complexity index is 326. The zero-order chi connectivity index (χ0) is 10.3. The van der Waals surface area contributed by atoms with Crippen LogP contribution in [0.2, 0.25) is 5.15 Å². The zero-order valence-electron chi connectivity index (χ0n) is 8.70. The molecule has 2 heterocycles. The van der Waals surface area contributed by atoms with E-state index in [1.807, 2.05) is 5.38 Å². The first-order chi connectivity index (χ1) is 6.59. The van der Waals surface area contributed by atoms with Gasteiger partial charge in [0.2, 0.25) is 0 Å². The van der Waals surface area contributed by atoms with Crippen LogP contribution in [-0.4, -0.2) is 17.6 Å². The summed E-state index contributed by atoms with van der Waals surface area (Å²) in [5, 5.41) is 3.58. The first-order valence-electron chi connectivity index (χ1n) is 4.97. The summed E-state index contributed by atoms with van der Waals surface area (Å²) >= 11 is 7.47. The number of aromatic nitrogens is 1. The Morgan fingerprint density at radius 2 is 2.21 bits per heavy atom. The van der Waals surface area contributed by atoms with Gasteiger partial charge >= 0.3 is 0 Å². The lowest BCUT2D eigenvalue weighted by Crippen LogP contribution is -2.28. The van der Waals surface area contributed by atoms with Gasteiger partial charge in [-0.15, -0.1) is 11.3 Å². The molecule has 3 unspecified atom stereocenters. The van der Waals surface area contributed by atoms with E-state index >= 15 is 0 Å². The largest absolute Gasteiger partial charge is 0.345 e. The molecule has 3 atom stereocenters. The summed E-state index contributed by atoms with van der Waals surface area (Å²) in [6.07, 6.45) is 0. The van der Waals surface area contributed by atoms with E-state index in [-0.39, 0.29) is 0 Å². The zero-order valence-corrected chi connectivity index (χ0v) is 10.3. The summed E-state index contributed by atoms with van der Waals surface area (Å²) in [6, 6.07) is 0.576. The van der Waals surface area contributed by atoms with E-state index in [1.54, 1.807) is 11.3 Å². The van der Waals surface area contributed by atoms with Crippen molar-refractivity contribution in [3.8, 4) is 0 Å². The molecule has 0 bridgehead atoms. The Kier molecular flexibility index (Phi) is 2.71. The highest BCUT2D eigenvalue weighted by molar-refractivity contribution is 7.14. The second-order valence-electron chi connectivity index (χ2n) is 4.18. The number of hydrogen-bond donors (Lipinski definition) is 0. The molecule has 1 aromatic heterocycles. The van der Waals surface area contributed by atoms with Crippen LogP contribution in [0.5, 0.6) is 0 Å². The van der Waals surface area contributed by atoms with E-state index in [0.29, 0.717) is 11.2 Å². The van der Waals surface area contributed by atoms with Crippen molar-refractivity contribution in [2.45, 2.75) is 26.8 Å². The molecule has 78 valence electrons. The molecule has 0 saturated carbocycles. The van der Waals surface area contributed by atoms with Crippen LogP contribution in [0.3, 0.4) is 0 Å². The highest BCUT2D eigenvalue weighted by atomic mass is 35.5. The fraction of sp³-hybridized carbons (Fsp3) is 0.700. The molecule has 1 aromatic rings. The fourth-order valence-electron chi connectivity index (χ4n) is 2.03. The lowest BCUT2D eigenvalue weighted by atomic mass is 9.95. The van der Waals surface area contributed by atoms with Gasteiger partial charge in [0.25, 0.3) is 0 Å². The number of halogens is 1. The Hall–Kier alpha value is -0.280. The molecule has 1 aliphatic rings. The molecule has 4 heteroatoms. The summed E-state index contributed by atoms with van der Waals surface area (Å²) in [6.45, 7) is 7.98. The van der Waals surface area contributed by atoms with Crippen molar-refractivity contribution >= 4 is 28.1 Å². The molecular weight excluding hydrogens is 216 g/mol. The number of hydrogen-bond acceptors (Lipinski definition) is 3. The average Bonchev–Trinajstić information content (AvgIpc) is 2.66. The van der Waals surface area contributed by atoms with Gasteiger partial charge in [0.1, 0.15) is 5.15 Å². The van der Waals surface area contributed by atoms with Crippen LogP contribution in [0.1, 0.15) is 20.8 Å². The molecule has 2 rings (SSSR count). The smallest absolute Gasteiger partial charge is 0.187 e. The van der Waals surface area contributed by atoms with Crippen molar-refractivity contribution in [1.82, 2.24) is 4.98 Å². The third-order valence-corrected chi connectivity index (χ3v) is 4.55. The SMILES string of the molecule is CC1CN(c2nc(Cl)cs2)C(C)C1C. The lowest BCUT2D eigenvalue weighted by Gasteiger charge is -2.22. The van der Waals surface area contributed by atoms with Crippen LogP contribution in [0, 0.1) is 11.8 Å². The molecule has 1 saturated heterocycles. The Balaban J connectivity index is 2.20. The van der Waals surface area contributed by atoms with Gasteiger partial charge in [0.05, 0.1) is 0 Å². The van der Waals surface area contributed by atoms with Gasteiger partial charge in [0.15, 0.2) is 5.13 Å². The Labute approximate surface area is 93.9 Å². The van der Waals surface area contributed by atoms with E-state index in [2.05, 4.69) is 30.7 Å². The van der Waals surface area contributed by atoms with E-state index in [4.69, 9.17) is 11.6 Å². The number of rotatable bonds is 1. The maximum absolute atomic E-state index is 5.83. The van der Waals surface area contributed by atoms with Crippen molar-refractivity contribution in [3.63, 3.8) is 0 Å². The normalized spacial score (nSPS) is 32.6. The predicted octanol–water partition coefficient (Wildman–Crippen LogP) is 3.28. The van der Waals surface area contributed by atoms with E-state index in [9.17, 15) is 0 Å². The van der Waals surface area contributed by atoms with Crippen molar-refractivity contribution in [2.24, 2.45) is 11.8 Å². The molecule has 14 heavy (non-hydrogen) atoms. The van der Waals surface area contributed by atoms with Gasteiger partial charge in [-0.05, 0) is 18.8 Å². The summed E-state index contributed by atoms with van der Waals surface area (Å²) < 4.78 is 0. The monoisotopic (exact) mass is 230 g/mol. The molecule has 1 fully saturated rings. The lowest BCUT2D eigenvalue weighted by molar-refractivity contribution is 0.441. The topological polar surface area (TPSA) is 16.1 Å². The minimum Gasteiger partial charge on any atom is -0.345 e. The minimum atomic E-state index is 0.576. The standard InChI is InChI=1S/C10H15ClN2S/c1-6-4-13(8(3)7(6)2)10-12-9(11)5-14-10/h5-8H,4H2,1-3H3. The summed E-state index contributed by atoms with van der Waals surface area (Å²) in [5.41, 5.74) is 0. The van der Waals surface area contributed by atoms with Gasteiger partial charge in [-0.2, -0.15) is 0 Å². The van der Waals surface area contributed by atoms with Crippen molar-refractivity contribution in [2.75, 3.05) is 11.4 Å². The van der Waals surface area contributed by atoms with Gasteiger partial charge in [-0.3, -0.25) is 0 Å². The predicted molar refractivity (Wildman–Crippen MR) is 62.3 cm³/mol. The summed E-state index contributed by atoms with van der Waals surface area (Å²) in [7, 11) is 0. The number of anilines is 1. The van der Waals surface area contributed by atoms with E-state index in [1.165, 1.54) is 0 Å². The second kappa shape index (κ2) is 3.70. The Morgan fingerprint density at radius 1 is 1.50 bits per heavy atom. The molecule has 0 amide bonds. The van der Waals surface area contributed by atoms with Crippen molar-refractivity contribution in [1.29, 1.82) is 0 Å². The maximum atomic E-state index is 5.83. The molecule has 0 spiro atoms. The molecule has 0 aliphatic carbocycles. The molecule has 1 aliphatic heterocycles. The molecule has 0 N–H and O–H groups in total. The Morgan fingerprint density at radius 3 is 2.64 bits per heavy atom. The van der Waals surface area contributed by atoms with E-state index in [0.717, 1.165) is 23.5 Å². The molecular formula is C10H15ClN2S. The number of thiazole rings is 1. The van der Waals surface area contributed by atoms with Crippen molar-refractivity contribution < 1.29 is 0 Å². The first kappa shape index (κ1) is 10.2. The highest BCUT2D eigenvalue weighted by Crippen LogP contribution is 2.35. The fourth-order valence-corrected chi connectivity index (χ4v) is 3.08. The summed E-state index contributed by atoms with van der Waals surface area (Å²) in [5.74, 6) is 1.48. The van der Waals surface area contributed by atoms with Crippen molar-refractivity contribution in [3.05, 3.63) is 10.5 Å². The van der Waals surface area contributed by atoms with Gasteiger partial charge in [-0.25, -0.2) is 4.98 Å². The van der Waals surface area contributed by atoms with Crippen LogP contribution < -0.4 is 4.90 Å². The van der Waals surface area contributed by atoms with Crippen LogP contribution >= 0.6 is 22.9 Å². The van der Waals surface area contributed by atoms with Crippen LogP contribution in [-0.2, 0) is 0 Å². The van der Waals surface area contributed by atoms with Gasteiger partial charge in [0, 0.05) is 18.0 Å². The van der Waals surface area contributed by atoms with Gasteiger partial charge in [-0.1, -0.05) is 25.4 Å². The minimum absolute atomic E-state index is 0.576. The van der Waals surface area contributed by atoms with Crippen LogP contribution in [0.15, 0.2) is 5.38 Å². The third kappa shape index (κ3) is 1.63. The van der Waals surface area contributed by atoms with Crippen LogP contribution in [0.4, 0.5) is 5.13 Å². The second-order valence-corrected chi connectivity index (χ2v) is 5.41. The van der Waals surface area contributed by atoms with Crippen LogP contribution in [0.25, 0.3) is 0 Å². The first-order valence-corrected chi connectivity index (χ1v) is 6.23.